The van der Waals surface area contributed by atoms with Gasteiger partial charge in [-0.15, -0.1) is 0 Å². The van der Waals surface area contributed by atoms with E-state index in [0.29, 0.717) is 18.7 Å². The van der Waals surface area contributed by atoms with Gasteiger partial charge in [-0.1, -0.05) is 6.07 Å². The van der Waals surface area contributed by atoms with Crippen LogP contribution in [0.1, 0.15) is 12.0 Å². The number of nitrogens with zero attached hydrogens (tertiary/aromatic N) is 3. The molecule has 5 nitrogen and oxygen atoms in total. The first-order valence-corrected chi connectivity index (χ1v) is 5.42. The number of carbonyl (C=O) groups is 1. The molecule has 1 N–H and O–H groups in total. The smallest absolute Gasteiger partial charge is 0.225 e. The van der Waals surface area contributed by atoms with E-state index in [1.807, 2.05) is 19.2 Å². The molecule has 1 amide bonds. The van der Waals surface area contributed by atoms with Gasteiger partial charge >= 0.3 is 0 Å². The highest BCUT2D eigenvalue weighted by Crippen LogP contribution is 2.04. The number of nitrogens with one attached hydrogen (secondary N) is 1. The molecule has 2 rings (SSSR count). The van der Waals surface area contributed by atoms with Crippen LogP contribution in [-0.4, -0.2) is 20.7 Å². The minimum absolute atomic E-state index is 0.0347. The maximum atomic E-state index is 11.6. The molecule has 0 saturated carbocycles. The zero-order valence-electron chi connectivity index (χ0n) is 9.63. The second-order valence-electron chi connectivity index (χ2n) is 3.78. The molecule has 5 heteroatoms. The molecule has 0 saturated heterocycles. The monoisotopic (exact) mass is 230 g/mol. The number of pyridine rings is 1. The van der Waals surface area contributed by atoms with Gasteiger partial charge in [0.05, 0.1) is 0 Å². The highest BCUT2D eigenvalue weighted by atomic mass is 16.1. The Hall–Kier alpha value is -2.17. The van der Waals surface area contributed by atoms with E-state index in [1.54, 1.807) is 29.3 Å². The Balaban J connectivity index is 1.82. The largest absolute Gasteiger partial charge is 0.309 e. The third-order valence-electron chi connectivity index (χ3n) is 2.34. The van der Waals surface area contributed by atoms with Crippen molar-refractivity contribution in [3.05, 3.63) is 42.4 Å². The van der Waals surface area contributed by atoms with Crippen LogP contribution in [0.3, 0.4) is 0 Å². The molecule has 88 valence electrons. The number of carbonyl (C=O) groups excluding carboxylic acids is 1. The van der Waals surface area contributed by atoms with Gasteiger partial charge in [0, 0.05) is 38.1 Å². The first-order chi connectivity index (χ1) is 8.24. The van der Waals surface area contributed by atoms with Crippen LogP contribution in [-0.2, 0) is 18.3 Å². The van der Waals surface area contributed by atoms with Crippen molar-refractivity contribution in [2.75, 3.05) is 5.32 Å². The summed E-state index contributed by atoms with van der Waals surface area (Å²) in [6.07, 6.45) is 6.40. The van der Waals surface area contributed by atoms with Crippen LogP contribution in [0.25, 0.3) is 0 Å². The van der Waals surface area contributed by atoms with Crippen molar-refractivity contribution in [1.82, 2.24) is 14.8 Å². The average Bonchev–Trinajstić information content (AvgIpc) is 2.73. The zero-order valence-corrected chi connectivity index (χ0v) is 9.63. The Morgan fingerprint density at radius 1 is 1.47 bits per heavy atom. The third kappa shape index (κ3) is 3.41. The third-order valence-corrected chi connectivity index (χ3v) is 2.34. The fourth-order valence-electron chi connectivity index (χ4n) is 1.49. The Kier molecular flexibility index (Phi) is 3.49. The molecule has 0 radical (unpaired) electrons. The van der Waals surface area contributed by atoms with Crippen LogP contribution in [0.15, 0.2) is 36.8 Å². The second-order valence-corrected chi connectivity index (χ2v) is 3.78. The van der Waals surface area contributed by atoms with Gasteiger partial charge < -0.3 is 5.32 Å². The molecule has 0 aliphatic heterocycles. The standard InChI is InChI=1S/C12H14N4O/c1-16-8-6-11(15-16)14-12(17)5-4-10-3-2-7-13-9-10/h2-3,6-9H,4-5H2,1H3,(H,14,15,17). The topological polar surface area (TPSA) is 59.8 Å². The SMILES string of the molecule is Cn1ccc(NC(=O)CCc2cccnc2)n1. The van der Waals surface area contributed by atoms with Gasteiger partial charge in [-0.2, -0.15) is 5.10 Å². The highest BCUT2D eigenvalue weighted by Gasteiger charge is 2.04. The Bertz CT molecular complexity index is 492. The predicted molar refractivity (Wildman–Crippen MR) is 64.4 cm³/mol. The Morgan fingerprint density at radius 3 is 3.00 bits per heavy atom. The van der Waals surface area contributed by atoms with Crippen molar-refractivity contribution in [1.29, 1.82) is 0 Å². The maximum absolute atomic E-state index is 11.6. The lowest BCUT2D eigenvalue weighted by Crippen LogP contribution is -2.13. The number of amides is 1. The van der Waals surface area contributed by atoms with Gasteiger partial charge in [0.25, 0.3) is 0 Å². The summed E-state index contributed by atoms with van der Waals surface area (Å²) in [6, 6.07) is 5.59. The lowest BCUT2D eigenvalue weighted by molar-refractivity contribution is -0.116. The summed E-state index contributed by atoms with van der Waals surface area (Å²) < 4.78 is 1.65. The molecule has 0 unspecified atom stereocenters. The number of hydrogen-bond acceptors (Lipinski definition) is 3. The van der Waals surface area contributed by atoms with E-state index in [-0.39, 0.29) is 5.91 Å². The van der Waals surface area contributed by atoms with Crippen molar-refractivity contribution < 1.29 is 4.79 Å². The quantitative estimate of drug-likeness (QED) is 0.863. The lowest BCUT2D eigenvalue weighted by atomic mass is 10.1. The molecule has 0 fully saturated rings. The van der Waals surface area contributed by atoms with Crippen molar-refractivity contribution in [2.45, 2.75) is 12.8 Å². The molecule has 0 aliphatic carbocycles. The molecular formula is C12H14N4O. The van der Waals surface area contributed by atoms with Crippen LogP contribution in [0, 0.1) is 0 Å². The molecule has 0 bridgehead atoms. The van der Waals surface area contributed by atoms with E-state index >= 15 is 0 Å². The molecular weight excluding hydrogens is 216 g/mol. The summed E-state index contributed by atoms with van der Waals surface area (Å²) >= 11 is 0. The summed E-state index contributed by atoms with van der Waals surface area (Å²) in [7, 11) is 1.81. The van der Waals surface area contributed by atoms with Crippen molar-refractivity contribution >= 4 is 11.7 Å². The van der Waals surface area contributed by atoms with Crippen LogP contribution >= 0.6 is 0 Å². The van der Waals surface area contributed by atoms with Gasteiger partial charge in [-0.25, -0.2) is 0 Å². The molecule has 17 heavy (non-hydrogen) atoms. The molecule has 2 heterocycles. The van der Waals surface area contributed by atoms with Gasteiger partial charge in [0.15, 0.2) is 5.82 Å². The molecule has 0 atom stereocenters. The lowest BCUT2D eigenvalue weighted by Gasteiger charge is -2.01. The Labute approximate surface area is 99.5 Å². The highest BCUT2D eigenvalue weighted by molar-refractivity contribution is 5.89. The van der Waals surface area contributed by atoms with Crippen LogP contribution in [0.4, 0.5) is 5.82 Å². The van der Waals surface area contributed by atoms with Crippen LogP contribution in [0.5, 0.6) is 0 Å². The molecule has 2 aromatic rings. The first kappa shape index (κ1) is 11.3. The summed E-state index contributed by atoms with van der Waals surface area (Å²) in [4.78, 5) is 15.6. The minimum atomic E-state index is -0.0347. The fraction of sp³-hybridized carbons (Fsp3) is 0.250. The average molecular weight is 230 g/mol. The second kappa shape index (κ2) is 5.25. The van der Waals surface area contributed by atoms with Gasteiger partial charge in [-0.3, -0.25) is 14.5 Å². The number of hydrogen-bond donors (Lipinski definition) is 1. The predicted octanol–water partition coefficient (Wildman–Crippen LogP) is 1.39. The molecule has 0 aliphatic rings. The summed E-state index contributed by atoms with van der Waals surface area (Å²) in [5.41, 5.74) is 1.06. The van der Waals surface area contributed by atoms with Gasteiger partial charge in [-0.05, 0) is 18.1 Å². The molecule has 2 aromatic heterocycles. The molecule has 0 aromatic carbocycles. The minimum Gasteiger partial charge on any atom is -0.309 e. The van der Waals surface area contributed by atoms with E-state index in [0.717, 1.165) is 5.56 Å². The fourth-order valence-corrected chi connectivity index (χ4v) is 1.49. The number of rotatable bonds is 4. The number of anilines is 1. The normalized spacial score (nSPS) is 10.2. The van der Waals surface area contributed by atoms with Crippen LogP contribution < -0.4 is 5.32 Å². The van der Waals surface area contributed by atoms with E-state index in [2.05, 4.69) is 15.4 Å². The molecule has 0 spiro atoms. The van der Waals surface area contributed by atoms with E-state index in [1.165, 1.54) is 0 Å². The van der Waals surface area contributed by atoms with Gasteiger partial charge in [0.2, 0.25) is 5.91 Å². The summed E-state index contributed by atoms with van der Waals surface area (Å²) in [5.74, 6) is 0.552. The number of aryl methyl sites for hydroxylation is 2. The van der Waals surface area contributed by atoms with E-state index in [4.69, 9.17) is 0 Å². The first-order valence-electron chi connectivity index (χ1n) is 5.42. The summed E-state index contributed by atoms with van der Waals surface area (Å²) in [6.45, 7) is 0. The van der Waals surface area contributed by atoms with Gasteiger partial charge in [0.1, 0.15) is 0 Å². The summed E-state index contributed by atoms with van der Waals surface area (Å²) in [5, 5.41) is 6.82. The van der Waals surface area contributed by atoms with E-state index in [9.17, 15) is 4.79 Å². The van der Waals surface area contributed by atoms with Crippen LogP contribution in [0.2, 0.25) is 0 Å². The maximum Gasteiger partial charge on any atom is 0.225 e. The van der Waals surface area contributed by atoms with E-state index < -0.39 is 0 Å². The van der Waals surface area contributed by atoms with Crippen molar-refractivity contribution in [2.24, 2.45) is 7.05 Å². The number of aromatic nitrogens is 3. The van der Waals surface area contributed by atoms with Crippen molar-refractivity contribution in [3.63, 3.8) is 0 Å². The van der Waals surface area contributed by atoms with Crippen molar-refractivity contribution in [3.8, 4) is 0 Å². The Morgan fingerprint density at radius 2 is 2.35 bits per heavy atom. The zero-order chi connectivity index (χ0) is 12.1.